The summed E-state index contributed by atoms with van der Waals surface area (Å²) in [6.07, 6.45) is 0. The molecule has 4 nitrogen and oxygen atoms in total. The van der Waals surface area contributed by atoms with Crippen LogP contribution in [0.15, 0.2) is 108 Å². The van der Waals surface area contributed by atoms with Crippen molar-refractivity contribution in [2.75, 3.05) is 0 Å². The van der Waals surface area contributed by atoms with Crippen molar-refractivity contribution in [2.24, 2.45) is 0 Å². The van der Waals surface area contributed by atoms with E-state index in [4.69, 9.17) is 19.4 Å². The molecule has 0 saturated heterocycles. The van der Waals surface area contributed by atoms with Crippen molar-refractivity contribution < 1.29 is 4.42 Å². The van der Waals surface area contributed by atoms with Crippen LogP contribution in [0, 0.1) is 0 Å². The maximum atomic E-state index is 6.04. The van der Waals surface area contributed by atoms with Crippen LogP contribution >= 0.6 is 0 Å². The van der Waals surface area contributed by atoms with Crippen LogP contribution in [0.4, 0.5) is 0 Å². The average molecular weight is 482 g/mol. The maximum absolute atomic E-state index is 6.04. The van der Waals surface area contributed by atoms with Crippen molar-refractivity contribution in [1.29, 1.82) is 0 Å². The fourth-order valence-corrected chi connectivity index (χ4v) is 8.18. The van der Waals surface area contributed by atoms with Gasteiger partial charge in [0.15, 0.2) is 11.4 Å². The molecular weight excluding hydrogens is 458 g/mol. The van der Waals surface area contributed by atoms with E-state index >= 15 is 0 Å². The predicted molar refractivity (Wildman–Crippen MR) is 148 cm³/mol. The molecule has 1 aliphatic heterocycles. The number of oxazole rings is 1. The Bertz CT molecular complexity index is 1740. The van der Waals surface area contributed by atoms with Gasteiger partial charge in [-0.2, -0.15) is 0 Å². The molecule has 0 N–H and O–H groups in total. The van der Waals surface area contributed by atoms with Crippen molar-refractivity contribution in [3.63, 3.8) is 0 Å². The predicted octanol–water partition coefficient (Wildman–Crippen LogP) is 6.42. The molecule has 0 spiro atoms. The number of rotatable bonds is 3. The van der Waals surface area contributed by atoms with Gasteiger partial charge in [0.1, 0.15) is 13.6 Å². The molecular formula is C31H23N3OSi. The molecule has 3 heterocycles. The molecule has 0 saturated carbocycles. The second-order valence-electron chi connectivity index (χ2n) is 9.72. The van der Waals surface area contributed by atoms with Crippen LogP contribution in [-0.2, 0) is 0 Å². The summed E-state index contributed by atoms with van der Waals surface area (Å²) < 4.78 is 6.04. The van der Waals surface area contributed by atoms with E-state index in [1.165, 1.54) is 21.6 Å². The molecule has 0 fully saturated rings. The zero-order valence-electron chi connectivity index (χ0n) is 20.1. The maximum Gasteiger partial charge on any atom is 0.227 e. The third-order valence-electron chi connectivity index (χ3n) is 7.08. The Morgan fingerprint density at radius 2 is 1.36 bits per heavy atom. The van der Waals surface area contributed by atoms with Crippen LogP contribution in [-0.4, -0.2) is 23.0 Å². The Labute approximate surface area is 210 Å². The number of hydrogen-bond acceptors (Lipinski definition) is 4. The molecule has 1 aliphatic rings. The second-order valence-corrected chi connectivity index (χ2v) is 14.0. The van der Waals surface area contributed by atoms with Gasteiger partial charge >= 0.3 is 0 Å². The quantitative estimate of drug-likeness (QED) is 0.274. The van der Waals surface area contributed by atoms with Crippen LogP contribution in [0.2, 0.25) is 13.1 Å². The van der Waals surface area contributed by atoms with Gasteiger partial charge in [-0.25, -0.2) is 15.0 Å². The molecule has 2 aromatic heterocycles. The molecule has 0 aliphatic carbocycles. The normalized spacial score (nSPS) is 13.5. The fourth-order valence-electron chi connectivity index (χ4n) is 5.26. The Balaban J connectivity index is 1.44. The highest BCUT2D eigenvalue weighted by atomic mass is 28.3. The van der Waals surface area contributed by atoms with Gasteiger partial charge in [0.25, 0.3) is 0 Å². The molecule has 0 amide bonds. The minimum Gasteiger partial charge on any atom is -0.436 e. The van der Waals surface area contributed by atoms with E-state index in [1.807, 2.05) is 42.5 Å². The van der Waals surface area contributed by atoms with Crippen LogP contribution in [0.1, 0.15) is 0 Å². The minimum absolute atomic E-state index is 0.601. The molecule has 0 bridgehead atoms. The van der Waals surface area contributed by atoms with E-state index in [0.717, 1.165) is 39.3 Å². The first-order valence-electron chi connectivity index (χ1n) is 12.1. The number of hydrogen-bond donors (Lipinski definition) is 0. The number of benzene rings is 4. The third kappa shape index (κ3) is 3.17. The van der Waals surface area contributed by atoms with Crippen molar-refractivity contribution in [3.05, 3.63) is 103 Å². The van der Waals surface area contributed by atoms with Crippen molar-refractivity contribution in [2.45, 2.75) is 13.1 Å². The first-order valence-corrected chi connectivity index (χ1v) is 15.1. The van der Waals surface area contributed by atoms with Crippen molar-refractivity contribution >= 4 is 29.7 Å². The topological polar surface area (TPSA) is 51.8 Å². The van der Waals surface area contributed by atoms with Crippen LogP contribution in [0.3, 0.4) is 0 Å². The second kappa shape index (κ2) is 7.83. The highest BCUT2D eigenvalue weighted by molar-refractivity contribution is 7.03. The number of nitrogens with zero attached hydrogens (tertiary/aromatic N) is 3. The summed E-state index contributed by atoms with van der Waals surface area (Å²) >= 11 is 0. The molecule has 0 radical (unpaired) electrons. The number of para-hydroxylation sites is 2. The molecule has 0 atom stereocenters. The lowest BCUT2D eigenvalue weighted by molar-refractivity contribution is 0.620. The Morgan fingerprint density at radius 1 is 0.639 bits per heavy atom. The van der Waals surface area contributed by atoms with Gasteiger partial charge < -0.3 is 4.42 Å². The largest absolute Gasteiger partial charge is 0.436 e. The van der Waals surface area contributed by atoms with Crippen molar-refractivity contribution in [1.82, 2.24) is 15.0 Å². The highest BCUT2D eigenvalue weighted by Gasteiger charge is 2.41. The Morgan fingerprint density at radius 3 is 2.22 bits per heavy atom. The van der Waals surface area contributed by atoms with E-state index < -0.39 is 8.07 Å². The van der Waals surface area contributed by atoms with E-state index in [-0.39, 0.29) is 0 Å². The number of fused-ring (bicyclic) bond motifs is 4. The van der Waals surface area contributed by atoms with E-state index in [9.17, 15) is 0 Å². The molecule has 7 rings (SSSR count). The first kappa shape index (κ1) is 21.0. The molecule has 5 heteroatoms. The average Bonchev–Trinajstić information content (AvgIpc) is 3.46. The van der Waals surface area contributed by atoms with E-state index in [0.29, 0.717) is 5.89 Å². The SMILES string of the molecule is C[Si]1(C)c2ccccc2-c2c(-c3ccccc3)nc(-c3cccc(-c4nc5ccccc5o4)c3)nc21. The summed E-state index contributed by atoms with van der Waals surface area (Å²) in [5, 5.41) is 2.61. The monoisotopic (exact) mass is 481 g/mol. The van der Waals surface area contributed by atoms with Gasteiger partial charge in [-0.1, -0.05) is 92.0 Å². The molecule has 6 aromatic rings. The zero-order chi connectivity index (χ0) is 24.3. The lowest BCUT2D eigenvalue weighted by Crippen LogP contribution is -2.50. The van der Waals surface area contributed by atoms with E-state index in [2.05, 4.69) is 73.8 Å². The van der Waals surface area contributed by atoms with Gasteiger partial charge in [-0.3, -0.25) is 0 Å². The van der Waals surface area contributed by atoms with Crippen LogP contribution in [0.5, 0.6) is 0 Å². The standard InChI is InChI=1S/C31H23N3OSi/c1-36(2)26-18-9-6-15-23(26)27-28(20-11-4-3-5-12-20)33-29(34-31(27)36)21-13-10-14-22(19-21)30-32-24-16-7-8-17-25(24)35-30/h3-19H,1-2H3. The Kier molecular flexibility index (Phi) is 4.56. The fraction of sp³-hybridized carbons (Fsp3) is 0.0645. The summed E-state index contributed by atoms with van der Waals surface area (Å²) in [7, 11) is -1.99. The molecule has 4 aromatic carbocycles. The molecule has 36 heavy (non-hydrogen) atoms. The zero-order valence-corrected chi connectivity index (χ0v) is 21.1. The van der Waals surface area contributed by atoms with Gasteiger partial charge in [-0.15, -0.1) is 0 Å². The van der Waals surface area contributed by atoms with Gasteiger partial charge in [-0.05, 0) is 35.0 Å². The smallest absolute Gasteiger partial charge is 0.227 e. The Hall–Kier alpha value is -4.35. The third-order valence-corrected chi connectivity index (χ3v) is 10.4. The summed E-state index contributed by atoms with van der Waals surface area (Å²) in [4.78, 5) is 15.1. The lowest BCUT2D eigenvalue weighted by Gasteiger charge is -2.19. The van der Waals surface area contributed by atoms with Gasteiger partial charge in [0.05, 0.1) is 5.69 Å². The highest BCUT2D eigenvalue weighted by Crippen LogP contribution is 2.36. The minimum atomic E-state index is -1.99. The van der Waals surface area contributed by atoms with E-state index in [1.54, 1.807) is 0 Å². The molecule has 172 valence electrons. The van der Waals surface area contributed by atoms with Crippen molar-refractivity contribution in [3.8, 4) is 45.2 Å². The molecule has 0 unspecified atom stereocenters. The summed E-state index contributed by atoms with van der Waals surface area (Å²) in [5.74, 6) is 1.34. The van der Waals surface area contributed by atoms with Gasteiger partial charge in [0, 0.05) is 27.6 Å². The van der Waals surface area contributed by atoms with Crippen LogP contribution < -0.4 is 10.5 Å². The number of aromatic nitrogens is 3. The van der Waals surface area contributed by atoms with Gasteiger partial charge in [0.2, 0.25) is 5.89 Å². The lowest BCUT2D eigenvalue weighted by atomic mass is 10.0. The summed E-state index contributed by atoms with van der Waals surface area (Å²) in [6.45, 7) is 4.77. The summed E-state index contributed by atoms with van der Waals surface area (Å²) in [5.41, 5.74) is 8.06. The first-order chi connectivity index (χ1) is 17.6. The summed E-state index contributed by atoms with van der Waals surface area (Å²) in [6, 6.07) is 35.2. The van der Waals surface area contributed by atoms with Crippen LogP contribution in [0.25, 0.3) is 56.3 Å².